The summed E-state index contributed by atoms with van der Waals surface area (Å²) in [5.41, 5.74) is 1.93. The maximum atomic E-state index is 9.35. The molecule has 0 unspecified atom stereocenters. The van der Waals surface area contributed by atoms with E-state index < -0.39 is 0 Å². The summed E-state index contributed by atoms with van der Waals surface area (Å²) in [4.78, 5) is 0. The summed E-state index contributed by atoms with van der Waals surface area (Å²) in [6.07, 6.45) is 3.96. The smallest absolute Gasteiger partial charge is 0.119 e. The first-order chi connectivity index (χ1) is 5.74. The van der Waals surface area contributed by atoms with Gasteiger partial charge in [-0.1, -0.05) is 40.2 Å². The number of phenols is 1. The summed E-state index contributed by atoms with van der Waals surface area (Å²) in [5.74, 6) is 0.353. The van der Waals surface area contributed by atoms with Gasteiger partial charge in [0.1, 0.15) is 5.75 Å². The van der Waals surface area contributed by atoms with Gasteiger partial charge in [-0.25, -0.2) is 0 Å². The molecule has 0 saturated heterocycles. The highest BCUT2D eigenvalue weighted by Gasteiger charge is 1.94. The van der Waals surface area contributed by atoms with Crippen molar-refractivity contribution in [1.82, 2.24) is 0 Å². The van der Waals surface area contributed by atoms with Crippen molar-refractivity contribution in [2.45, 2.75) is 6.92 Å². The zero-order valence-corrected chi connectivity index (χ0v) is 8.51. The van der Waals surface area contributed by atoms with E-state index in [2.05, 4.69) is 15.9 Å². The Hall–Kier alpha value is -0.760. The first kappa shape index (κ1) is 9.33. The zero-order valence-electron chi connectivity index (χ0n) is 6.92. The van der Waals surface area contributed by atoms with E-state index in [0.29, 0.717) is 5.75 Å². The van der Waals surface area contributed by atoms with Crippen LogP contribution in [0.4, 0.5) is 0 Å². The van der Waals surface area contributed by atoms with Gasteiger partial charge in [-0.15, -0.1) is 0 Å². The van der Waals surface area contributed by atoms with Crippen molar-refractivity contribution in [3.05, 3.63) is 35.4 Å². The highest BCUT2D eigenvalue weighted by atomic mass is 79.9. The Bertz CT molecular complexity index is 292. The Kier molecular flexibility index (Phi) is 3.35. The summed E-state index contributed by atoms with van der Waals surface area (Å²) in [6, 6.07) is 5.64. The van der Waals surface area contributed by atoms with Gasteiger partial charge in [0.2, 0.25) is 0 Å². The van der Waals surface area contributed by atoms with Gasteiger partial charge in [-0.05, 0) is 24.1 Å². The van der Waals surface area contributed by atoms with Crippen molar-refractivity contribution in [2.75, 3.05) is 5.33 Å². The minimum absolute atomic E-state index is 0.353. The lowest BCUT2D eigenvalue weighted by molar-refractivity contribution is 0.471. The Morgan fingerprint density at radius 2 is 2.25 bits per heavy atom. The number of phenolic OH excluding ortho intramolecular Hbond substituents is 1. The topological polar surface area (TPSA) is 20.2 Å². The minimum Gasteiger partial charge on any atom is -0.508 e. The molecule has 1 aromatic rings. The number of halogens is 1. The summed E-state index contributed by atoms with van der Waals surface area (Å²) < 4.78 is 0. The van der Waals surface area contributed by atoms with Crippen molar-refractivity contribution in [1.29, 1.82) is 0 Å². The Labute approximate surface area is 80.9 Å². The Balaban J connectivity index is 2.89. The maximum absolute atomic E-state index is 9.35. The first-order valence-corrected chi connectivity index (χ1v) is 4.88. The van der Waals surface area contributed by atoms with Gasteiger partial charge in [-0.3, -0.25) is 0 Å². The summed E-state index contributed by atoms with van der Waals surface area (Å²) >= 11 is 3.29. The highest BCUT2D eigenvalue weighted by Crippen LogP contribution is 2.18. The van der Waals surface area contributed by atoms with Crippen LogP contribution in [0.3, 0.4) is 0 Å². The zero-order chi connectivity index (χ0) is 8.97. The largest absolute Gasteiger partial charge is 0.508 e. The molecule has 0 radical (unpaired) electrons. The number of allylic oxidation sites excluding steroid dienone is 1. The predicted octanol–water partition coefficient (Wildman–Crippen LogP) is 3.11. The molecule has 0 bridgehead atoms. The summed E-state index contributed by atoms with van der Waals surface area (Å²) in [5, 5.41) is 10.2. The van der Waals surface area contributed by atoms with E-state index in [9.17, 15) is 5.11 Å². The van der Waals surface area contributed by atoms with Gasteiger partial charge in [-0.2, -0.15) is 0 Å². The number of hydrogen-bond acceptors (Lipinski definition) is 1. The summed E-state index contributed by atoms with van der Waals surface area (Å²) in [7, 11) is 0. The lowest BCUT2D eigenvalue weighted by atomic mass is 10.1. The third-order valence-corrected chi connectivity index (χ3v) is 2.01. The molecule has 1 nitrogen and oxygen atoms in total. The van der Waals surface area contributed by atoms with Gasteiger partial charge in [0.05, 0.1) is 0 Å². The van der Waals surface area contributed by atoms with E-state index in [-0.39, 0.29) is 0 Å². The maximum Gasteiger partial charge on any atom is 0.119 e. The van der Waals surface area contributed by atoms with Crippen LogP contribution >= 0.6 is 15.9 Å². The molecule has 0 saturated carbocycles. The molecule has 0 aromatic heterocycles. The van der Waals surface area contributed by atoms with Crippen molar-refractivity contribution >= 4 is 22.0 Å². The lowest BCUT2D eigenvalue weighted by Gasteiger charge is -1.98. The van der Waals surface area contributed by atoms with Crippen LogP contribution in [0, 0.1) is 6.92 Å². The molecular formula is C10H11BrO. The lowest BCUT2D eigenvalue weighted by Crippen LogP contribution is -1.76. The Morgan fingerprint density at radius 1 is 1.50 bits per heavy atom. The fraction of sp³-hybridized carbons (Fsp3) is 0.200. The molecule has 64 valence electrons. The number of aryl methyl sites for hydroxylation is 1. The number of rotatable bonds is 2. The monoisotopic (exact) mass is 226 g/mol. The molecule has 0 aliphatic carbocycles. The second-order valence-corrected chi connectivity index (χ2v) is 3.25. The van der Waals surface area contributed by atoms with E-state index in [0.717, 1.165) is 16.5 Å². The fourth-order valence-electron chi connectivity index (χ4n) is 0.911. The van der Waals surface area contributed by atoms with Crippen LogP contribution in [-0.2, 0) is 0 Å². The van der Waals surface area contributed by atoms with Gasteiger partial charge in [0, 0.05) is 5.33 Å². The van der Waals surface area contributed by atoms with E-state index in [1.807, 2.05) is 31.2 Å². The standard InChI is InChI=1S/C10H11BrO/c1-8-4-5-9(3-2-6-11)7-10(8)12/h2-5,7,12H,6H2,1H3. The predicted molar refractivity (Wildman–Crippen MR) is 55.7 cm³/mol. The van der Waals surface area contributed by atoms with Crippen molar-refractivity contribution in [3.63, 3.8) is 0 Å². The molecule has 2 heteroatoms. The first-order valence-electron chi connectivity index (χ1n) is 3.76. The van der Waals surface area contributed by atoms with Crippen LogP contribution in [0.5, 0.6) is 5.75 Å². The van der Waals surface area contributed by atoms with Crippen molar-refractivity contribution in [2.24, 2.45) is 0 Å². The molecule has 1 N–H and O–H groups in total. The van der Waals surface area contributed by atoms with Crippen molar-refractivity contribution in [3.8, 4) is 5.75 Å². The molecule has 0 heterocycles. The van der Waals surface area contributed by atoms with Crippen LogP contribution < -0.4 is 0 Å². The molecule has 0 fully saturated rings. The number of aromatic hydroxyl groups is 1. The third kappa shape index (κ3) is 2.38. The minimum atomic E-state index is 0.353. The molecule has 0 aliphatic rings. The van der Waals surface area contributed by atoms with E-state index >= 15 is 0 Å². The average molecular weight is 227 g/mol. The van der Waals surface area contributed by atoms with Gasteiger partial charge in [0.15, 0.2) is 0 Å². The molecule has 0 atom stereocenters. The third-order valence-electron chi connectivity index (χ3n) is 1.63. The normalized spacial score (nSPS) is 10.8. The van der Waals surface area contributed by atoms with Crippen LogP contribution in [0.1, 0.15) is 11.1 Å². The second-order valence-electron chi connectivity index (χ2n) is 2.60. The van der Waals surface area contributed by atoms with Gasteiger partial charge in [0.25, 0.3) is 0 Å². The quantitative estimate of drug-likeness (QED) is 0.769. The van der Waals surface area contributed by atoms with Gasteiger partial charge < -0.3 is 5.11 Å². The molecule has 0 amide bonds. The molecule has 1 aromatic carbocycles. The SMILES string of the molecule is Cc1ccc(C=CCBr)cc1O. The average Bonchev–Trinajstić information content (AvgIpc) is 2.07. The summed E-state index contributed by atoms with van der Waals surface area (Å²) in [6.45, 7) is 1.88. The molecule has 0 aliphatic heterocycles. The van der Waals surface area contributed by atoms with Gasteiger partial charge >= 0.3 is 0 Å². The van der Waals surface area contributed by atoms with E-state index in [1.54, 1.807) is 6.07 Å². The number of alkyl halides is 1. The number of benzene rings is 1. The highest BCUT2D eigenvalue weighted by molar-refractivity contribution is 9.09. The molecule has 0 spiro atoms. The van der Waals surface area contributed by atoms with Crippen molar-refractivity contribution < 1.29 is 5.11 Å². The van der Waals surface area contributed by atoms with E-state index in [4.69, 9.17) is 0 Å². The van der Waals surface area contributed by atoms with Crippen LogP contribution in [0.2, 0.25) is 0 Å². The Morgan fingerprint density at radius 3 is 2.83 bits per heavy atom. The molecule has 12 heavy (non-hydrogen) atoms. The van der Waals surface area contributed by atoms with Crippen LogP contribution in [0.15, 0.2) is 24.3 Å². The van der Waals surface area contributed by atoms with Crippen LogP contribution in [0.25, 0.3) is 6.08 Å². The number of hydrogen-bond donors (Lipinski definition) is 1. The molecule has 1 rings (SSSR count). The second kappa shape index (κ2) is 4.31. The van der Waals surface area contributed by atoms with E-state index in [1.165, 1.54) is 0 Å². The fourth-order valence-corrected chi connectivity index (χ4v) is 1.10. The molecular weight excluding hydrogens is 216 g/mol. The van der Waals surface area contributed by atoms with Crippen LogP contribution in [-0.4, -0.2) is 10.4 Å².